The third kappa shape index (κ3) is 5.46. The van der Waals surface area contributed by atoms with Gasteiger partial charge < -0.3 is 9.64 Å². The van der Waals surface area contributed by atoms with Crippen molar-refractivity contribution >= 4 is 37.9 Å². The molecule has 0 aliphatic carbocycles. The number of amides is 1. The number of benzene rings is 2. The second-order valence-electron chi connectivity index (χ2n) is 6.52. The van der Waals surface area contributed by atoms with Gasteiger partial charge in [-0.3, -0.25) is 4.79 Å². The Morgan fingerprint density at radius 1 is 1.03 bits per heavy atom. The number of carbonyl (C=O) groups excluding carboxylic acids is 1. The fraction of sp³-hybridized carbons (Fsp3) is 0.286. The van der Waals surface area contributed by atoms with E-state index in [2.05, 4.69) is 15.9 Å². The zero-order chi connectivity index (χ0) is 20.9. The number of ether oxygens (including phenoxy) is 1. The highest BCUT2D eigenvalue weighted by Crippen LogP contribution is 2.20. The maximum atomic E-state index is 12.7. The summed E-state index contributed by atoms with van der Waals surface area (Å²) in [6.07, 6.45) is 3.28. The molecule has 0 radical (unpaired) electrons. The monoisotopic (exact) mass is 478 g/mol. The highest BCUT2D eigenvalue weighted by molar-refractivity contribution is 9.10. The van der Waals surface area contributed by atoms with Gasteiger partial charge in [0, 0.05) is 36.7 Å². The number of hydrogen-bond donors (Lipinski definition) is 0. The van der Waals surface area contributed by atoms with Crippen LogP contribution < -0.4 is 4.74 Å². The molecule has 1 amide bonds. The average Bonchev–Trinajstić information content (AvgIpc) is 2.73. The van der Waals surface area contributed by atoms with Gasteiger partial charge in [-0.25, -0.2) is 8.42 Å². The first-order chi connectivity index (χ1) is 13.9. The molecule has 0 bridgehead atoms. The molecule has 1 aliphatic rings. The summed E-state index contributed by atoms with van der Waals surface area (Å²) in [5.41, 5.74) is 0.901. The van der Waals surface area contributed by atoms with Crippen LogP contribution in [0.2, 0.25) is 0 Å². The van der Waals surface area contributed by atoms with E-state index in [0.29, 0.717) is 19.7 Å². The molecule has 3 rings (SSSR count). The summed E-state index contributed by atoms with van der Waals surface area (Å²) < 4.78 is 33.1. The summed E-state index contributed by atoms with van der Waals surface area (Å²) in [6, 6.07) is 14.1. The van der Waals surface area contributed by atoms with E-state index < -0.39 is 10.0 Å². The highest BCUT2D eigenvalue weighted by atomic mass is 79.9. The third-order valence-electron chi connectivity index (χ3n) is 4.61. The van der Waals surface area contributed by atoms with Crippen LogP contribution in [-0.4, -0.2) is 56.3 Å². The van der Waals surface area contributed by atoms with Crippen LogP contribution in [0.15, 0.2) is 64.0 Å². The standard InChI is InChI=1S/C21H23BrN2O4S/c1-2-28-19-8-3-17(4-9-19)5-12-21(25)23-13-15-24(16-14-23)29(26,27)20-10-6-18(22)7-11-20/h3-12H,2,13-16H2,1H3/b12-5+. The van der Waals surface area contributed by atoms with Crippen molar-refractivity contribution in [3.8, 4) is 5.75 Å². The molecule has 1 heterocycles. The van der Waals surface area contributed by atoms with Crippen LogP contribution in [0, 0.1) is 0 Å². The van der Waals surface area contributed by atoms with E-state index in [0.717, 1.165) is 15.8 Å². The van der Waals surface area contributed by atoms with E-state index in [1.165, 1.54) is 10.4 Å². The molecule has 0 atom stereocenters. The van der Waals surface area contributed by atoms with Crippen molar-refractivity contribution < 1.29 is 17.9 Å². The van der Waals surface area contributed by atoms with E-state index in [4.69, 9.17) is 4.74 Å². The van der Waals surface area contributed by atoms with Gasteiger partial charge in [-0.2, -0.15) is 4.31 Å². The second-order valence-corrected chi connectivity index (χ2v) is 9.37. The Bertz CT molecular complexity index is 965. The molecule has 1 saturated heterocycles. The minimum absolute atomic E-state index is 0.125. The quantitative estimate of drug-likeness (QED) is 0.596. The SMILES string of the molecule is CCOc1ccc(/C=C/C(=O)N2CCN(S(=O)(=O)c3ccc(Br)cc3)CC2)cc1. The first-order valence-electron chi connectivity index (χ1n) is 9.35. The first-order valence-corrected chi connectivity index (χ1v) is 11.6. The Morgan fingerprint density at radius 2 is 1.66 bits per heavy atom. The largest absolute Gasteiger partial charge is 0.494 e. The zero-order valence-corrected chi connectivity index (χ0v) is 18.5. The molecule has 1 aliphatic heterocycles. The number of sulfonamides is 1. The third-order valence-corrected chi connectivity index (χ3v) is 7.05. The topological polar surface area (TPSA) is 66.9 Å². The summed E-state index contributed by atoms with van der Waals surface area (Å²) in [5, 5.41) is 0. The molecule has 29 heavy (non-hydrogen) atoms. The van der Waals surface area contributed by atoms with Crippen LogP contribution in [0.1, 0.15) is 12.5 Å². The lowest BCUT2D eigenvalue weighted by molar-refractivity contribution is -0.127. The maximum Gasteiger partial charge on any atom is 0.246 e. The summed E-state index contributed by atoms with van der Waals surface area (Å²) in [7, 11) is -3.55. The summed E-state index contributed by atoms with van der Waals surface area (Å²) >= 11 is 3.31. The van der Waals surface area contributed by atoms with Gasteiger partial charge in [0.2, 0.25) is 15.9 Å². The molecule has 0 unspecified atom stereocenters. The molecule has 8 heteroatoms. The van der Waals surface area contributed by atoms with Crippen LogP contribution in [0.25, 0.3) is 6.08 Å². The Kier molecular flexibility index (Phi) is 7.10. The number of hydrogen-bond acceptors (Lipinski definition) is 4. The molecule has 0 N–H and O–H groups in total. The van der Waals surface area contributed by atoms with Crippen molar-refractivity contribution in [1.82, 2.24) is 9.21 Å². The normalized spacial score (nSPS) is 15.6. The van der Waals surface area contributed by atoms with Gasteiger partial charge in [-0.05, 0) is 55.0 Å². The van der Waals surface area contributed by atoms with Crippen LogP contribution in [0.3, 0.4) is 0 Å². The molecular formula is C21H23BrN2O4S. The van der Waals surface area contributed by atoms with Gasteiger partial charge in [-0.15, -0.1) is 0 Å². The van der Waals surface area contributed by atoms with Crippen molar-refractivity contribution in [3.63, 3.8) is 0 Å². The number of piperazine rings is 1. The molecule has 0 aromatic heterocycles. The molecule has 1 fully saturated rings. The number of carbonyl (C=O) groups is 1. The minimum Gasteiger partial charge on any atom is -0.494 e. The Hall–Kier alpha value is -2.16. The molecule has 2 aromatic rings. The lowest BCUT2D eigenvalue weighted by Gasteiger charge is -2.33. The van der Waals surface area contributed by atoms with Crippen molar-refractivity contribution in [2.24, 2.45) is 0 Å². The fourth-order valence-electron chi connectivity index (χ4n) is 3.02. The van der Waals surface area contributed by atoms with Crippen molar-refractivity contribution in [3.05, 3.63) is 64.6 Å². The summed E-state index contributed by atoms with van der Waals surface area (Å²) in [6.45, 7) is 3.82. The molecular weight excluding hydrogens is 456 g/mol. The van der Waals surface area contributed by atoms with E-state index in [1.807, 2.05) is 31.2 Å². The number of rotatable bonds is 6. The van der Waals surface area contributed by atoms with E-state index in [1.54, 1.807) is 35.2 Å². The molecule has 154 valence electrons. The van der Waals surface area contributed by atoms with Gasteiger partial charge in [-0.1, -0.05) is 28.1 Å². The average molecular weight is 479 g/mol. The van der Waals surface area contributed by atoms with Crippen LogP contribution in [-0.2, 0) is 14.8 Å². The summed E-state index contributed by atoms with van der Waals surface area (Å²) in [4.78, 5) is 14.4. The summed E-state index contributed by atoms with van der Waals surface area (Å²) in [5.74, 6) is 0.665. The molecule has 0 spiro atoms. The molecule has 6 nitrogen and oxygen atoms in total. The van der Waals surface area contributed by atoms with Crippen LogP contribution >= 0.6 is 15.9 Å². The van der Waals surface area contributed by atoms with Gasteiger partial charge >= 0.3 is 0 Å². The number of halogens is 1. The van der Waals surface area contributed by atoms with Gasteiger partial charge in [0.1, 0.15) is 5.75 Å². The van der Waals surface area contributed by atoms with Crippen LogP contribution in [0.4, 0.5) is 0 Å². The highest BCUT2D eigenvalue weighted by Gasteiger charge is 2.29. The van der Waals surface area contributed by atoms with E-state index >= 15 is 0 Å². The fourth-order valence-corrected chi connectivity index (χ4v) is 4.71. The van der Waals surface area contributed by atoms with Crippen molar-refractivity contribution in [1.29, 1.82) is 0 Å². The minimum atomic E-state index is -3.55. The molecule has 2 aromatic carbocycles. The van der Waals surface area contributed by atoms with Crippen LogP contribution in [0.5, 0.6) is 5.75 Å². The smallest absolute Gasteiger partial charge is 0.246 e. The van der Waals surface area contributed by atoms with Gasteiger partial charge in [0.25, 0.3) is 0 Å². The van der Waals surface area contributed by atoms with Gasteiger partial charge in [0.05, 0.1) is 11.5 Å². The lowest BCUT2D eigenvalue weighted by atomic mass is 10.2. The predicted molar refractivity (Wildman–Crippen MR) is 116 cm³/mol. The van der Waals surface area contributed by atoms with Crippen molar-refractivity contribution in [2.45, 2.75) is 11.8 Å². The predicted octanol–water partition coefficient (Wildman–Crippen LogP) is 3.39. The Morgan fingerprint density at radius 3 is 2.24 bits per heavy atom. The first kappa shape index (κ1) is 21.5. The lowest BCUT2D eigenvalue weighted by Crippen LogP contribution is -2.50. The second kappa shape index (κ2) is 9.56. The maximum absolute atomic E-state index is 12.7. The zero-order valence-electron chi connectivity index (χ0n) is 16.1. The molecule has 0 saturated carbocycles. The number of nitrogens with zero attached hydrogens (tertiary/aromatic N) is 2. The Labute approximate surface area is 180 Å². The van der Waals surface area contributed by atoms with E-state index in [-0.39, 0.29) is 23.9 Å². The van der Waals surface area contributed by atoms with Gasteiger partial charge in [0.15, 0.2) is 0 Å². The Balaban J connectivity index is 1.57. The van der Waals surface area contributed by atoms with E-state index in [9.17, 15) is 13.2 Å². The van der Waals surface area contributed by atoms with Crippen molar-refractivity contribution in [2.75, 3.05) is 32.8 Å².